The Kier molecular flexibility index (Phi) is 4.76. The van der Waals surface area contributed by atoms with Crippen molar-refractivity contribution in [2.75, 3.05) is 37.3 Å². The Labute approximate surface area is 146 Å². The fourth-order valence-electron chi connectivity index (χ4n) is 2.66. The quantitative estimate of drug-likeness (QED) is 0.798. The smallest absolute Gasteiger partial charge is 0.318 e. The molecule has 1 aromatic carbocycles. The van der Waals surface area contributed by atoms with E-state index in [1.165, 1.54) is 12.1 Å². The van der Waals surface area contributed by atoms with Gasteiger partial charge in [-0.05, 0) is 18.2 Å². The van der Waals surface area contributed by atoms with Crippen molar-refractivity contribution in [2.45, 2.75) is 18.2 Å². The Morgan fingerprint density at radius 3 is 2.52 bits per heavy atom. The van der Waals surface area contributed by atoms with Gasteiger partial charge in [-0.2, -0.15) is 0 Å². The van der Waals surface area contributed by atoms with Crippen LogP contribution in [0.25, 0.3) is 0 Å². The summed E-state index contributed by atoms with van der Waals surface area (Å²) < 4.78 is 28.9. The highest BCUT2D eigenvalue weighted by atomic mass is 32.2. The van der Waals surface area contributed by atoms with Crippen LogP contribution in [0.5, 0.6) is 0 Å². The van der Waals surface area contributed by atoms with Crippen LogP contribution in [-0.4, -0.2) is 61.9 Å². The molecule has 0 atom stereocenters. The molecule has 9 heteroatoms. The maximum absolute atomic E-state index is 12.6. The number of carbonyl (C=O) groups excluding carboxylic acids is 1. The number of aromatic nitrogens is 2. The molecule has 0 N–H and O–H groups in total. The van der Waals surface area contributed by atoms with Gasteiger partial charge in [0.05, 0.1) is 4.90 Å². The second kappa shape index (κ2) is 6.83. The molecule has 8 nitrogen and oxygen atoms in total. The standard InChI is InChI=1S/C16H20N4O4S/c1-3-14-17-18-16(24-14)20-9-7-19(8-10-20)15(21)12-5-4-6-13(11-12)25(2,22)23/h4-6,11H,3,7-10H2,1-2H3. The zero-order chi connectivity index (χ0) is 18.0. The van der Waals surface area contributed by atoms with E-state index in [1.54, 1.807) is 17.0 Å². The first-order valence-electron chi connectivity index (χ1n) is 8.05. The summed E-state index contributed by atoms with van der Waals surface area (Å²) >= 11 is 0. The van der Waals surface area contributed by atoms with E-state index in [0.29, 0.717) is 50.1 Å². The molecule has 1 aromatic heterocycles. The van der Waals surface area contributed by atoms with E-state index < -0.39 is 9.84 Å². The van der Waals surface area contributed by atoms with Crippen molar-refractivity contribution in [3.05, 3.63) is 35.7 Å². The summed E-state index contributed by atoms with van der Waals surface area (Å²) in [6, 6.07) is 6.61. The average Bonchev–Trinajstić information content (AvgIpc) is 3.10. The van der Waals surface area contributed by atoms with Crippen LogP contribution in [-0.2, 0) is 16.3 Å². The van der Waals surface area contributed by atoms with Gasteiger partial charge in [0, 0.05) is 44.4 Å². The zero-order valence-corrected chi connectivity index (χ0v) is 15.0. The molecule has 0 unspecified atom stereocenters. The third kappa shape index (κ3) is 3.81. The lowest BCUT2D eigenvalue weighted by molar-refractivity contribution is 0.0744. The number of hydrogen-bond donors (Lipinski definition) is 0. The first kappa shape index (κ1) is 17.4. The van der Waals surface area contributed by atoms with E-state index in [1.807, 2.05) is 11.8 Å². The van der Waals surface area contributed by atoms with Crippen LogP contribution in [0.15, 0.2) is 33.6 Å². The third-order valence-corrected chi connectivity index (χ3v) is 5.22. The number of nitrogens with zero attached hydrogens (tertiary/aromatic N) is 4. The van der Waals surface area contributed by atoms with E-state index in [4.69, 9.17) is 4.42 Å². The van der Waals surface area contributed by atoms with E-state index in [-0.39, 0.29) is 10.8 Å². The second-order valence-corrected chi connectivity index (χ2v) is 7.93. The molecule has 0 spiro atoms. The van der Waals surface area contributed by atoms with Gasteiger partial charge in [-0.3, -0.25) is 4.79 Å². The van der Waals surface area contributed by atoms with Crippen molar-refractivity contribution in [3.8, 4) is 0 Å². The van der Waals surface area contributed by atoms with Gasteiger partial charge in [0.15, 0.2) is 9.84 Å². The van der Waals surface area contributed by atoms with Crippen LogP contribution in [0.4, 0.5) is 6.01 Å². The summed E-state index contributed by atoms with van der Waals surface area (Å²) in [5, 5.41) is 7.97. The van der Waals surface area contributed by atoms with Gasteiger partial charge in [-0.1, -0.05) is 18.1 Å². The summed E-state index contributed by atoms with van der Waals surface area (Å²) in [7, 11) is -3.34. The fraction of sp³-hybridized carbons (Fsp3) is 0.438. The first-order valence-corrected chi connectivity index (χ1v) is 9.94. The largest absolute Gasteiger partial charge is 0.408 e. The lowest BCUT2D eigenvalue weighted by Crippen LogP contribution is -2.49. The highest BCUT2D eigenvalue weighted by Crippen LogP contribution is 2.18. The predicted molar refractivity (Wildman–Crippen MR) is 91.3 cm³/mol. The number of hydrogen-bond acceptors (Lipinski definition) is 7. The second-order valence-electron chi connectivity index (χ2n) is 5.91. The van der Waals surface area contributed by atoms with Crippen LogP contribution in [0.3, 0.4) is 0 Å². The van der Waals surface area contributed by atoms with Gasteiger partial charge >= 0.3 is 6.01 Å². The minimum absolute atomic E-state index is 0.148. The molecule has 2 aromatic rings. The molecule has 0 aliphatic carbocycles. The summed E-state index contributed by atoms with van der Waals surface area (Å²) in [6.07, 6.45) is 1.81. The number of benzene rings is 1. The van der Waals surface area contributed by atoms with Crippen molar-refractivity contribution in [1.82, 2.24) is 15.1 Å². The first-order chi connectivity index (χ1) is 11.9. The molecule has 25 heavy (non-hydrogen) atoms. The topological polar surface area (TPSA) is 96.6 Å². The van der Waals surface area contributed by atoms with Gasteiger partial charge in [0.2, 0.25) is 5.89 Å². The maximum atomic E-state index is 12.6. The molecule has 0 radical (unpaired) electrons. The summed E-state index contributed by atoms with van der Waals surface area (Å²) in [4.78, 5) is 16.4. The van der Waals surface area contributed by atoms with Crippen LogP contribution >= 0.6 is 0 Å². The van der Waals surface area contributed by atoms with Crippen LogP contribution in [0, 0.1) is 0 Å². The van der Waals surface area contributed by atoms with Crippen molar-refractivity contribution >= 4 is 21.8 Å². The minimum Gasteiger partial charge on any atom is -0.408 e. The molecule has 1 aliphatic rings. The average molecular weight is 364 g/mol. The van der Waals surface area contributed by atoms with Gasteiger partial charge in [0.25, 0.3) is 5.91 Å². The monoisotopic (exact) mass is 364 g/mol. The van der Waals surface area contributed by atoms with Crippen LogP contribution < -0.4 is 4.90 Å². The number of sulfone groups is 1. The number of rotatable bonds is 4. The minimum atomic E-state index is -3.34. The van der Waals surface area contributed by atoms with Gasteiger partial charge in [-0.15, -0.1) is 5.10 Å². The molecule has 1 amide bonds. The molecular weight excluding hydrogens is 344 g/mol. The van der Waals surface area contributed by atoms with Crippen molar-refractivity contribution < 1.29 is 17.6 Å². The van der Waals surface area contributed by atoms with Crippen molar-refractivity contribution in [2.24, 2.45) is 0 Å². The maximum Gasteiger partial charge on any atom is 0.318 e. The Balaban J connectivity index is 1.67. The molecule has 3 rings (SSSR count). The number of carbonyl (C=O) groups is 1. The SMILES string of the molecule is CCc1nnc(N2CCN(C(=O)c3cccc(S(C)(=O)=O)c3)CC2)o1. The van der Waals surface area contributed by atoms with Gasteiger partial charge in [-0.25, -0.2) is 8.42 Å². The Hall–Kier alpha value is -2.42. The third-order valence-electron chi connectivity index (χ3n) is 4.11. The molecule has 2 heterocycles. The summed E-state index contributed by atoms with van der Waals surface area (Å²) in [6.45, 7) is 4.13. The van der Waals surface area contributed by atoms with E-state index in [2.05, 4.69) is 10.2 Å². The Morgan fingerprint density at radius 2 is 1.92 bits per heavy atom. The molecule has 1 saturated heterocycles. The predicted octanol–water partition coefficient (Wildman–Crippen LogP) is 0.998. The van der Waals surface area contributed by atoms with Crippen molar-refractivity contribution in [3.63, 3.8) is 0 Å². The van der Waals surface area contributed by atoms with E-state index in [0.717, 1.165) is 6.26 Å². The van der Waals surface area contributed by atoms with Gasteiger partial charge in [0.1, 0.15) is 0 Å². The van der Waals surface area contributed by atoms with Crippen LogP contribution in [0.1, 0.15) is 23.2 Å². The molecule has 1 fully saturated rings. The van der Waals surface area contributed by atoms with E-state index in [9.17, 15) is 13.2 Å². The highest BCUT2D eigenvalue weighted by Gasteiger charge is 2.25. The highest BCUT2D eigenvalue weighted by molar-refractivity contribution is 7.90. The summed E-state index contributed by atoms with van der Waals surface area (Å²) in [5.74, 6) is 0.413. The normalized spacial score (nSPS) is 15.4. The molecule has 0 saturated carbocycles. The van der Waals surface area contributed by atoms with E-state index >= 15 is 0 Å². The number of piperazine rings is 1. The van der Waals surface area contributed by atoms with Crippen molar-refractivity contribution in [1.29, 1.82) is 0 Å². The van der Waals surface area contributed by atoms with Crippen LogP contribution in [0.2, 0.25) is 0 Å². The lowest BCUT2D eigenvalue weighted by atomic mass is 10.2. The Bertz CT molecular complexity index is 870. The molecule has 0 bridgehead atoms. The molecular formula is C16H20N4O4S. The summed E-state index contributed by atoms with van der Waals surface area (Å²) in [5.41, 5.74) is 0.377. The van der Waals surface area contributed by atoms with Gasteiger partial charge < -0.3 is 14.2 Å². The molecule has 134 valence electrons. The fourth-order valence-corrected chi connectivity index (χ4v) is 3.33. The molecule has 1 aliphatic heterocycles. The number of aryl methyl sites for hydroxylation is 1. The zero-order valence-electron chi connectivity index (χ0n) is 14.2. The number of amides is 1. The lowest BCUT2D eigenvalue weighted by Gasteiger charge is -2.33. The Morgan fingerprint density at radius 1 is 1.20 bits per heavy atom. The number of anilines is 1.